The van der Waals surface area contributed by atoms with Crippen LogP contribution in [-0.4, -0.2) is 39.5 Å². The first kappa shape index (κ1) is 13.6. The molecule has 21 heavy (non-hydrogen) atoms. The van der Waals surface area contributed by atoms with Crippen molar-refractivity contribution in [2.75, 3.05) is 19.7 Å². The Morgan fingerprint density at radius 1 is 1.24 bits per heavy atom. The van der Waals surface area contributed by atoms with Crippen molar-refractivity contribution in [2.24, 2.45) is 5.92 Å². The number of rotatable bonds is 4. The summed E-state index contributed by atoms with van der Waals surface area (Å²) in [6.45, 7) is 3.16. The van der Waals surface area contributed by atoms with E-state index in [0.29, 0.717) is 0 Å². The molecule has 6 nitrogen and oxygen atoms in total. The van der Waals surface area contributed by atoms with E-state index in [1.807, 2.05) is 4.52 Å². The highest BCUT2D eigenvalue weighted by Gasteiger charge is 2.25. The third-order valence-corrected chi connectivity index (χ3v) is 5.46. The number of ether oxygens (including phenoxy) is 1. The zero-order valence-corrected chi connectivity index (χ0v) is 12.9. The molecule has 0 bridgehead atoms. The van der Waals surface area contributed by atoms with Gasteiger partial charge in [0.25, 0.3) is 0 Å². The highest BCUT2D eigenvalue weighted by Crippen LogP contribution is 2.29. The molecule has 1 N–H and O–H groups in total. The lowest BCUT2D eigenvalue weighted by Gasteiger charge is -2.21. The summed E-state index contributed by atoms with van der Waals surface area (Å²) < 4.78 is 7.61. The molecular weight excluding hydrogens is 286 g/mol. The molecule has 2 aromatic rings. The van der Waals surface area contributed by atoms with Gasteiger partial charge in [-0.05, 0) is 51.1 Å². The number of hydrogen-bond acceptors (Lipinski definition) is 6. The highest BCUT2D eigenvalue weighted by molar-refractivity contribution is 7.16. The number of piperidine rings is 1. The van der Waals surface area contributed by atoms with Crippen LogP contribution in [0.15, 0.2) is 0 Å². The molecule has 2 fully saturated rings. The predicted octanol–water partition coefficient (Wildman–Crippen LogP) is 1.97. The smallest absolute Gasteiger partial charge is 0.234 e. The molecule has 1 atom stereocenters. The Morgan fingerprint density at radius 3 is 2.95 bits per heavy atom. The molecule has 4 heterocycles. The second-order valence-electron chi connectivity index (χ2n) is 5.98. The van der Waals surface area contributed by atoms with Crippen LogP contribution in [0.4, 0.5) is 0 Å². The van der Waals surface area contributed by atoms with Gasteiger partial charge >= 0.3 is 0 Å². The summed E-state index contributed by atoms with van der Waals surface area (Å²) in [7, 11) is 0. The number of aryl methyl sites for hydroxylation is 1. The molecule has 0 amide bonds. The summed E-state index contributed by atoms with van der Waals surface area (Å²) in [6, 6.07) is 0. The van der Waals surface area contributed by atoms with Crippen LogP contribution >= 0.6 is 11.3 Å². The van der Waals surface area contributed by atoms with Crippen LogP contribution in [0.3, 0.4) is 0 Å². The van der Waals surface area contributed by atoms with Gasteiger partial charge in [0, 0.05) is 13.0 Å². The second-order valence-corrected chi connectivity index (χ2v) is 7.02. The number of hydrogen-bond donors (Lipinski definition) is 1. The lowest BCUT2D eigenvalue weighted by atomic mass is 9.93. The van der Waals surface area contributed by atoms with Gasteiger partial charge in [-0.1, -0.05) is 11.3 Å². The van der Waals surface area contributed by atoms with E-state index in [4.69, 9.17) is 9.84 Å². The van der Waals surface area contributed by atoms with Gasteiger partial charge in [0.15, 0.2) is 5.82 Å². The number of fused-ring (bicyclic) bond motifs is 1. The van der Waals surface area contributed by atoms with Crippen LogP contribution in [0.2, 0.25) is 0 Å². The molecule has 2 aliphatic rings. The summed E-state index contributed by atoms with van der Waals surface area (Å²) in [5.41, 5.74) is 0. The summed E-state index contributed by atoms with van der Waals surface area (Å²) in [4.78, 5) is 0.904. The van der Waals surface area contributed by atoms with E-state index in [0.717, 1.165) is 42.6 Å². The Labute approximate surface area is 127 Å². The molecular formula is C14H21N5OS. The van der Waals surface area contributed by atoms with Gasteiger partial charge in [0.1, 0.15) is 11.1 Å². The van der Waals surface area contributed by atoms with E-state index in [1.54, 1.807) is 11.3 Å². The largest absolute Gasteiger partial charge is 0.370 e. The summed E-state index contributed by atoms with van der Waals surface area (Å²) in [5, 5.41) is 17.8. The fourth-order valence-corrected chi connectivity index (χ4v) is 4.11. The van der Waals surface area contributed by atoms with Crippen LogP contribution in [-0.2, 0) is 11.2 Å². The molecule has 114 valence electrons. The molecule has 7 heteroatoms. The molecule has 0 spiro atoms. The number of aromatic nitrogens is 4. The van der Waals surface area contributed by atoms with Crippen molar-refractivity contribution >= 4 is 16.3 Å². The minimum absolute atomic E-state index is 0.0827. The number of nitrogens with one attached hydrogen (secondary N) is 1. The number of nitrogens with zero attached hydrogens (tertiary/aromatic N) is 4. The van der Waals surface area contributed by atoms with E-state index in [-0.39, 0.29) is 6.10 Å². The van der Waals surface area contributed by atoms with Crippen LogP contribution in [0.5, 0.6) is 0 Å². The van der Waals surface area contributed by atoms with Crippen molar-refractivity contribution in [2.45, 2.75) is 44.6 Å². The Balaban J connectivity index is 1.46. The maximum Gasteiger partial charge on any atom is 0.234 e. The maximum atomic E-state index is 5.70. The lowest BCUT2D eigenvalue weighted by Crippen LogP contribution is -2.27. The molecule has 0 radical (unpaired) electrons. The third kappa shape index (κ3) is 2.82. The zero-order chi connectivity index (χ0) is 14.1. The molecule has 0 aromatic carbocycles. The van der Waals surface area contributed by atoms with Crippen LogP contribution in [0, 0.1) is 5.92 Å². The molecule has 2 aliphatic heterocycles. The normalized spacial score (nSPS) is 24.1. The zero-order valence-electron chi connectivity index (χ0n) is 12.1. The first-order valence-electron chi connectivity index (χ1n) is 7.93. The lowest BCUT2D eigenvalue weighted by molar-refractivity contribution is 0.103. The summed E-state index contributed by atoms with van der Waals surface area (Å²) in [5.74, 6) is 1.73. The van der Waals surface area contributed by atoms with E-state index < -0.39 is 0 Å². The van der Waals surface area contributed by atoms with Crippen molar-refractivity contribution < 1.29 is 4.74 Å². The van der Waals surface area contributed by atoms with Gasteiger partial charge in [-0.2, -0.15) is 9.61 Å². The van der Waals surface area contributed by atoms with Gasteiger partial charge in [-0.25, -0.2) is 0 Å². The Morgan fingerprint density at radius 2 is 2.14 bits per heavy atom. The fourth-order valence-electron chi connectivity index (χ4n) is 3.25. The third-order valence-electron chi connectivity index (χ3n) is 4.50. The van der Waals surface area contributed by atoms with Crippen molar-refractivity contribution in [3.63, 3.8) is 0 Å². The molecule has 1 unspecified atom stereocenters. The molecule has 0 saturated carbocycles. The average molecular weight is 307 g/mol. The van der Waals surface area contributed by atoms with Gasteiger partial charge in [0.2, 0.25) is 4.96 Å². The summed E-state index contributed by atoms with van der Waals surface area (Å²) in [6.07, 6.45) is 7.11. The van der Waals surface area contributed by atoms with Crippen molar-refractivity contribution in [3.8, 4) is 0 Å². The van der Waals surface area contributed by atoms with E-state index >= 15 is 0 Å². The first-order chi connectivity index (χ1) is 10.4. The quantitative estimate of drug-likeness (QED) is 0.935. The predicted molar refractivity (Wildman–Crippen MR) is 80.5 cm³/mol. The van der Waals surface area contributed by atoms with Gasteiger partial charge in [-0.15, -0.1) is 10.2 Å². The van der Waals surface area contributed by atoms with E-state index in [1.165, 1.54) is 37.4 Å². The fraction of sp³-hybridized carbons (Fsp3) is 0.786. The summed E-state index contributed by atoms with van der Waals surface area (Å²) >= 11 is 1.67. The van der Waals surface area contributed by atoms with Crippen molar-refractivity contribution in [3.05, 3.63) is 10.8 Å². The topological polar surface area (TPSA) is 64.3 Å². The maximum absolute atomic E-state index is 5.70. The van der Waals surface area contributed by atoms with Crippen molar-refractivity contribution in [1.82, 2.24) is 25.1 Å². The minimum Gasteiger partial charge on any atom is -0.370 e. The van der Waals surface area contributed by atoms with Gasteiger partial charge in [-0.3, -0.25) is 0 Å². The Bertz CT molecular complexity index is 598. The molecule has 4 rings (SSSR count). The standard InChI is InChI=1S/C14H21N5OS/c1-2-11(20-9-1)13-16-17-14-19(13)18-12(21-14)4-3-10-5-7-15-8-6-10/h10-11,15H,1-9H2. The molecule has 2 saturated heterocycles. The van der Waals surface area contributed by atoms with Gasteiger partial charge in [0.05, 0.1) is 0 Å². The van der Waals surface area contributed by atoms with Crippen LogP contribution in [0.25, 0.3) is 4.96 Å². The first-order valence-corrected chi connectivity index (χ1v) is 8.75. The molecule has 2 aromatic heterocycles. The SMILES string of the molecule is C1COC(c2nnc3sc(CCC4CCNCC4)nn23)C1. The van der Waals surface area contributed by atoms with Crippen LogP contribution in [0.1, 0.15) is 49.0 Å². The van der Waals surface area contributed by atoms with Crippen LogP contribution < -0.4 is 5.32 Å². The molecule has 0 aliphatic carbocycles. The van der Waals surface area contributed by atoms with Gasteiger partial charge < -0.3 is 10.1 Å². The Hall–Kier alpha value is -1.05. The second kappa shape index (κ2) is 5.98. The highest BCUT2D eigenvalue weighted by atomic mass is 32.1. The minimum atomic E-state index is 0.0827. The van der Waals surface area contributed by atoms with E-state index in [9.17, 15) is 0 Å². The monoisotopic (exact) mass is 307 g/mol. The van der Waals surface area contributed by atoms with E-state index in [2.05, 4.69) is 15.5 Å². The average Bonchev–Trinajstić information content (AvgIpc) is 3.22. The van der Waals surface area contributed by atoms with Crippen molar-refractivity contribution in [1.29, 1.82) is 0 Å². The Kier molecular flexibility index (Phi) is 3.87.